The van der Waals surface area contributed by atoms with E-state index < -0.39 is 0 Å². The van der Waals surface area contributed by atoms with E-state index in [1.807, 2.05) is 49.4 Å². The molecule has 7 aromatic carbocycles. The van der Waals surface area contributed by atoms with E-state index in [4.69, 9.17) is 19.4 Å². The van der Waals surface area contributed by atoms with Crippen molar-refractivity contribution in [2.45, 2.75) is 13.8 Å². The maximum absolute atomic E-state index is 6.58. The van der Waals surface area contributed by atoms with Crippen molar-refractivity contribution in [2.75, 3.05) is 0 Å². The fraction of sp³-hybridized carbons (Fsp3) is 0.0444. The zero-order valence-electron chi connectivity index (χ0n) is 27.2. The van der Waals surface area contributed by atoms with Gasteiger partial charge in [0, 0.05) is 27.5 Å². The number of aryl methyl sites for hydroxylation is 1. The van der Waals surface area contributed by atoms with Gasteiger partial charge in [-0.2, -0.15) is 0 Å². The van der Waals surface area contributed by atoms with Gasteiger partial charge in [-0.3, -0.25) is 0 Å². The number of furan rings is 1. The summed E-state index contributed by atoms with van der Waals surface area (Å²) in [6, 6.07) is 48.6. The second-order valence-electron chi connectivity index (χ2n) is 12.4. The van der Waals surface area contributed by atoms with Crippen molar-refractivity contribution in [1.82, 2.24) is 15.0 Å². The highest BCUT2D eigenvalue weighted by Crippen LogP contribution is 2.40. The highest BCUT2D eigenvalue weighted by Gasteiger charge is 2.19. The largest absolute Gasteiger partial charge is 0.456 e. The van der Waals surface area contributed by atoms with Gasteiger partial charge >= 0.3 is 0 Å². The smallest absolute Gasteiger partial charge is 0.164 e. The maximum atomic E-state index is 6.58. The van der Waals surface area contributed by atoms with Gasteiger partial charge in [0.25, 0.3) is 0 Å². The van der Waals surface area contributed by atoms with Crippen LogP contribution in [0.15, 0.2) is 150 Å². The molecule has 0 amide bonds. The molecule has 0 radical (unpaired) electrons. The van der Waals surface area contributed by atoms with Gasteiger partial charge in [-0.05, 0) is 88.0 Å². The number of aromatic nitrogens is 3. The molecule has 4 nitrogen and oxygen atoms in total. The Morgan fingerprint density at radius 1 is 0.490 bits per heavy atom. The van der Waals surface area contributed by atoms with Gasteiger partial charge < -0.3 is 4.42 Å². The molecule has 9 aromatic rings. The highest BCUT2D eigenvalue weighted by atomic mass is 16.3. The molecule has 4 heteroatoms. The Labute approximate surface area is 284 Å². The molecule has 0 atom stereocenters. The van der Waals surface area contributed by atoms with Crippen LogP contribution in [0, 0.1) is 6.92 Å². The minimum absolute atomic E-state index is 0.606. The van der Waals surface area contributed by atoms with Crippen LogP contribution in [-0.2, 0) is 0 Å². The first-order valence-corrected chi connectivity index (χ1v) is 16.6. The lowest BCUT2D eigenvalue weighted by molar-refractivity contribution is 0.669. The predicted octanol–water partition coefficient (Wildman–Crippen LogP) is 12.1. The first-order chi connectivity index (χ1) is 24.1. The fourth-order valence-corrected chi connectivity index (χ4v) is 6.95. The van der Waals surface area contributed by atoms with Crippen molar-refractivity contribution in [3.63, 3.8) is 0 Å². The Morgan fingerprint density at radius 2 is 1.20 bits per heavy atom. The first-order valence-electron chi connectivity index (χ1n) is 16.6. The van der Waals surface area contributed by atoms with Gasteiger partial charge in [0.15, 0.2) is 17.5 Å². The van der Waals surface area contributed by atoms with Crippen molar-refractivity contribution in [1.29, 1.82) is 0 Å². The van der Waals surface area contributed by atoms with Gasteiger partial charge in [-0.15, -0.1) is 0 Å². The predicted molar refractivity (Wildman–Crippen MR) is 203 cm³/mol. The zero-order valence-corrected chi connectivity index (χ0v) is 27.2. The summed E-state index contributed by atoms with van der Waals surface area (Å²) in [5, 5.41) is 6.95. The lowest BCUT2D eigenvalue weighted by Gasteiger charge is -2.11. The number of benzene rings is 7. The Hall–Kier alpha value is -6.39. The number of allylic oxidation sites excluding steroid dienone is 1. The van der Waals surface area contributed by atoms with E-state index in [1.54, 1.807) is 0 Å². The van der Waals surface area contributed by atoms with Crippen molar-refractivity contribution in [2.24, 2.45) is 0 Å². The average Bonchev–Trinajstić information content (AvgIpc) is 3.54. The molecule has 0 saturated heterocycles. The Morgan fingerprint density at radius 3 is 2.04 bits per heavy atom. The zero-order chi connectivity index (χ0) is 32.9. The SMILES string of the molecule is C/C=C\c1cc(-c2nc(-c3ccccc3)nc(-c3cccc4oc5cc(-c6cc7ccccc7c7ccccc67)ccc5c34)n2)ccc1C. The summed E-state index contributed by atoms with van der Waals surface area (Å²) in [6.45, 7) is 4.15. The molecule has 9 rings (SSSR count). The van der Waals surface area contributed by atoms with E-state index in [2.05, 4.69) is 116 Å². The summed E-state index contributed by atoms with van der Waals surface area (Å²) >= 11 is 0. The third-order valence-electron chi connectivity index (χ3n) is 9.37. The molecule has 0 N–H and O–H groups in total. The lowest BCUT2D eigenvalue weighted by atomic mass is 9.93. The van der Waals surface area contributed by atoms with Crippen LogP contribution in [0.2, 0.25) is 0 Å². The van der Waals surface area contributed by atoms with Crippen molar-refractivity contribution in [3.8, 4) is 45.3 Å². The van der Waals surface area contributed by atoms with Gasteiger partial charge in [0.2, 0.25) is 0 Å². The summed E-state index contributed by atoms with van der Waals surface area (Å²) in [6.07, 6.45) is 4.17. The maximum Gasteiger partial charge on any atom is 0.164 e. The van der Waals surface area contributed by atoms with Crippen LogP contribution in [-0.4, -0.2) is 15.0 Å². The van der Waals surface area contributed by atoms with E-state index in [1.165, 1.54) is 32.7 Å². The van der Waals surface area contributed by atoms with Crippen LogP contribution in [0.5, 0.6) is 0 Å². The topological polar surface area (TPSA) is 51.8 Å². The van der Waals surface area contributed by atoms with Crippen LogP contribution < -0.4 is 0 Å². The Kier molecular flexibility index (Phi) is 6.87. The van der Waals surface area contributed by atoms with E-state index >= 15 is 0 Å². The third-order valence-corrected chi connectivity index (χ3v) is 9.37. The summed E-state index contributed by atoms with van der Waals surface area (Å²) in [4.78, 5) is 15.2. The van der Waals surface area contributed by atoms with Gasteiger partial charge in [0.05, 0.1) is 0 Å². The number of hydrogen-bond acceptors (Lipinski definition) is 4. The normalized spacial score (nSPS) is 11.8. The van der Waals surface area contributed by atoms with Crippen molar-refractivity contribution < 1.29 is 4.42 Å². The Balaban J connectivity index is 1.24. The molecule has 0 aliphatic heterocycles. The van der Waals surface area contributed by atoms with Crippen LogP contribution in [0.1, 0.15) is 18.1 Å². The standard InChI is InChI=1S/C45H31N3O/c1-3-12-30-25-33(22-21-28(30)2)44-46-43(29-13-5-4-6-14-29)47-45(48-44)38-19-11-20-40-42(38)37-24-23-32(27-41(37)49-40)39-26-31-15-7-8-16-34(31)35-17-9-10-18-36(35)39/h3-27H,1-2H3/b12-3-. The molecule has 232 valence electrons. The van der Waals surface area contributed by atoms with E-state index in [-0.39, 0.29) is 0 Å². The van der Waals surface area contributed by atoms with Crippen LogP contribution in [0.25, 0.3) is 94.8 Å². The van der Waals surface area contributed by atoms with Gasteiger partial charge in [0.1, 0.15) is 11.2 Å². The van der Waals surface area contributed by atoms with Crippen LogP contribution in [0.4, 0.5) is 0 Å². The molecule has 0 unspecified atom stereocenters. The highest BCUT2D eigenvalue weighted by molar-refractivity contribution is 6.16. The van der Waals surface area contributed by atoms with Crippen molar-refractivity contribution in [3.05, 3.63) is 157 Å². The molecular weight excluding hydrogens is 599 g/mol. The molecule has 2 heterocycles. The van der Waals surface area contributed by atoms with E-state index in [9.17, 15) is 0 Å². The summed E-state index contributed by atoms with van der Waals surface area (Å²) in [5.74, 6) is 1.86. The molecule has 0 fully saturated rings. The molecule has 49 heavy (non-hydrogen) atoms. The first kappa shape index (κ1) is 28.8. The number of nitrogens with zero attached hydrogens (tertiary/aromatic N) is 3. The number of rotatable bonds is 5. The second-order valence-corrected chi connectivity index (χ2v) is 12.4. The van der Waals surface area contributed by atoms with Crippen LogP contribution in [0.3, 0.4) is 0 Å². The summed E-state index contributed by atoms with van der Waals surface area (Å²) in [5.41, 5.74) is 9.03. The monoisotopic (exact) mass is 629 g/mol. The van der Waals surface area contributed by atoms with E-state index in [0.29, 0.717) is 17.5 Å². The molecule has 0 saturated carbocycles. The molecule has 0 aliphatic carbocycles. The summed E-state index contributed by atoms with van der Waals surface area (Å²) < 4.78 is 6.58. The van der Waals surface area contributed by atoms with E-state index in [0.717, 1.165) is 49.8 Å². The van der Waals surface area contributed by atoms with Crippen LogP contribution >= 0.6 is 0 Å². The third kappa shape index (κ3) is 4.97. The molecule has 0 spiro atoms. The second kappa shape index (κ2) is 11.7. The average molecular weight is 630 g/mol. The summed E-state index contributed by atoms with van der Waals surface area (Å²) in [7, 11) is 0. The van der Waals surface area contributed by atoms with Crippen molar-refractivity contribution >= 4 is 49.6 Å². The quantitative estimate of drug-likeness (QED) is 0.178. The fourth-order valence-electron chi connectivity index (χ4n) is 6.95. The molecule has 2 aromatic heterocycles. The van der Waals surface area contributed by atoms with Gasteiger partial charge in [-0.1, -0.05) is 121 Å². The lowest BCUT2D eigenvalue weighted by Crippen LogP contribution is -2.00. The molecule has 0 bridgehead atoms. The minimum Gasteiger partial charge on any atom is -0.456 e. The minimum atomic E-state index is 0.606. The van der Waals surface area contributed by atoms with Gasteiger partial charge in [-0.25, -0.2) is 15.0 Å². The number of hydrogen-bond donors (Lipinski definition) is 0. The number of fused-ring (bicyclic) bond motifs is 6. The molecule has 0 aliphatic rings. The molecular formula is C45H31N3O. The Bertz CT molecular complexity index is 2740.